The van der Waals surface area contributed by atoms with E-state index in [1.54, 1.807) is 17.6 Å². The lowest BCUT2D eigenvalue weighted by Gasteiger charge is -2.30. The highest BCUT2D eigenvalue weighted by molar-refractivity contribution is 6.40. The molecule has 2 N–H and O–H groups in total. The number of carboxylic acids is 1. The predicted molar refractivity (Wildman–Crippen MR) is 102 cm³/mol. The number of hydrogen-bond acceptors (Lipinski definition) is 5. The van der Waals surface area contributed by atoms with E-state index in [1.807, 2.05) is 18.7 Å². The number of Topliss-reactive ketones (excluding diaryl/α,β-unsaturated/α-hetero) is 1. The van der Waals surface area contributed by atoms with Gasteiger partial charge < -0.3 is 19.9 Å². The summed E-state index contributed by atoms with van der Waals surface area (Å²) in [7, 11) is 0. The number of halogens is 1. The Hall–Kier alpha value is -2.74. The first-order chi connectivity index (χ1) is 12.9. The summed E-state index contributed by atoms with van der Waals surface area (Å²) in [5, 5.41) is 12.1. The van der Waals surface area contributed by atoms with Crippen LogP contribution >= 0.6 is 0 Å². The van der Waals surface area contributed by atoms with Crippen LogP contribution in [0, 0.1) is 5.82 Å². The molecule has 1 aromatic carbocycles. The lowest BCUT2D eigenvalue weighted by molar-refractivity contribution is -0.131. The van der Waals surface area contributed by atoms with Crippen LogP contribution in [0.4, 0.5) is 10.1 Å². The molecule has 0 bridgehead atoms. The van der Waals surface area contributed by atoms with Gasteiger partial charge in [0.2, 0.25) is 5.43 Å². The number of fused-ring (bicyclic) bond motifs is 1. The summed E-state index contributed by atoms with van der Waals surface area (Å²) in [6.45, 7) is 8.98. The van der Waals surface area contributed by atoms with Crippen LogP contribution < -0.4 is 15.6 Å². The largest absolute Gasteiger partial charge is 0.475 e. The summed E-state index contributed by atoms with van der Waals surface area (Å²) in [5.41, 5.74) is -0.355. The molecule has 1 saturated heterocycles. The van der Waals surface area contributed by atoms with Crippen molar-refractivity contribution in [2.75, 3.05) is 31.1 Å². The Balaban J connectivity index is 0.00000126. The molecule has 1 aromatic heterocycles. The lowest BCUT2D eigenvalue weighted by Crippen LogP contribution is -2.43. The van der Waals surface area contributed by atoms with Crippen molar-refractivity contribution in [3.63, 3.8) is 0 Å². The molecule has 1 aliphatic rings. The van der Waals surface area contributed by atoms with Gasteiger partial charge in [0.25, 0.3) is 5.78 Å². The zero-order chi connectivity index (χ0) is 20.1. The average molecular weight is 377 g/mol. The molecule has 0 spiro atoms. The molecule has 2 aromatic rings. The van der Waals surface area contributed by atoms with E-state index in [1.165, 1.54) is 6.20 Å². The van der Waals surface area contributed by atoms with E-state index in [0.29, 0.717) is 30.8 Å². The van der Waals surface area contributed by atoms with Gasteiger partial charge in [-0.2, -0.15) is 0 Å². The van der Waals surface area contributed by atoms with E-state index in [0.717, 1.165) is 19.2 Å². The summed E-state index contributed by atoms with van der Waals surface area (Å²) >= 11 is 0. The van der Waals surface area contributed by atoms with Crippen molar-refractivity contribution in [3.05, 3.63) is 39.9 Å². The number of aliphatic carboxylic acids is 1. The van der Waals surface area contributed by atoms with Gasteiger partial charge in [0, 0.05) is 44.3 Å². The fourth-order valence-corrected chi connectivity index (χ4v) is 3.09. The number of pyridine rings is 1. The van der Waals surface area contributed by atoms with Gasteiger partial charge in [-0.25, -0.2) is 9.18 Å². The topological polar surface area (TPSA) is 91.6 Å². The number of benzene rings is 1. The summed E-state index contributed by atoms with van der Waals surface area (Å²) < 4.78 is 16.2. The molecule has 2 heterocycles. The smallest absolute Gasteiger partial charge is 0.377 e. The maximum Gasteiger partial charge on any atom is 0.377 e. The normalized spacial score (nSPS) is 13.9. The number of piperazine rings is 1. The zero-order valence-electron chi connectivity index (χ0n) is 15.7. The van der Waals surface area contributed by atoms with E-state index < -0.39 is 28.6 Å². The first kappa shape index (κ1) is 20.6. The van der Waals surface area contributed by atoms with E-state index >= 15 is 0 Å². The van der Waals surface area contributed by atoms with Gasteiger partial charge in [-0.15, -0.1) is 0 Å². The van der Waals surface area contributed by atoms with Crippen LogP contribution in [0.25, 0.3) is 10.9 Å². The monoisotopic (exact) mass is 377 g/mol. The van der Waals surface area contributed by atoms with Gasteiger partial charge in [-0.05, 0) is 19.1 Å². The fraction of sp³-hybridized carbons (Fsp3) is 0.421. The minimum Gasteiger partial charge on any atom is -0.475 e. The van der Waals surface area contributed by atoms with Crippen molar-refractivity contribution in [3.8, 4) is 0 Å². The SMILES string of the molecule is CC.CCn1cc(C(=O)C(=O)O)c(=O)c2cc(F)c(N3CCNCC3)cc21. The number of aryl methyl sites for hydroxylation is 1. The third-order valence-corrected chi connectivity index (χ3v) is 4.39. The number of aromatic nitrogens is 1. The number of anilines is 1. The molecule has 146 valence electrons. The highest BCUT2D eigenvalue weighted by atomic mass is 19.1. The van der Waals surface area contributed by atoms with Crippen molar-refractivity contribution in [2.45, 2.75) is 27.3 Å². The molecule has 27 heavy (non-hydrogen) atoms. The van der Waals surface area contributed by atoms with Crippen molar-refractivity contribution < 1.29 is 19.1 Å². The molecule has 7 nitrogen and oxygen atoms in total. The van der Waals surface area contributed by atoms with Crippen molar-refractivity contribution >= 4 is 28.3 Å². The van der Waals surface area contributed by atoms with E-state index in [2.05, 4.69) is 5.32 Å². The molecule has 8 heteroatoms. The number of carboxylic acid groups (broad SMARTS) is 1. The first-order valence-electron chi connectivity index (χ1n) is 9.04. The van der Waals surface area contributed by atoms with Gasteiger partial charge in [0.1, 0.15) is 5.82 Å². The molecule has 1 aliphatic heterocycles. The Bertz CT molecular complexity index is 917. The summed E-state index contributed by atoms with van der Waals surface area (Å²) in [5.74, 6) is -3.56. The number of nitrogens with zero attached hydrogens (tertiary/aromatic N) is 2. The minimum atomic E-state index is -1.71. The predicted octanol–water partition coefficient (Wildman–Crippen LogP) is 1.86. The number of rotatable bonds is 4. The van der Waals surface area contributed by atoms with Crippen molar-refractivity contribution in [1.29, 1.82) is 0 Å². The standard InChI is InChI=1S/C17H18FN3O4.C2H6/c1-2-20-9-11(16(23)17(24)25)15(22)10-7-12(18)14(8-13(10)20)21-5-3-19-4-6-21;1-2/h7-9,19H,2-6H2,1H3,(H,24,25);1-2H3. The highest BCUT2D eigenvalue weighted by Gasteiger charge is 2.23. The van der Waals surface area contributed by atoms with Crippen molar-refractivity contribution in [2.24, 2.45) is 0 Å². The molecule has 0 radical (unpaired) electrons. The highest BCUT2D eigenvalue weighted by Crippen LogP contribution is 2.25. The van der Waals surface area contributed by atoms with Crippen LogP contribution in [0.15, 0.2) is 23.1 Å². The average Bonchev–Trinajstić information content (AvgIpc) is 2.70. The second kappa shape index (κ2) is 8.77. The third kappa shape index (κ3) is 4.00. The number of ketones is 1. The van der Waals surface area contributed by atoms with Gasteiger partial charge in [0.15, 0.2) is 0 Å². The molecule has 0 saturated carbocycles. The Morgan fingerprint density at radius 1 is 1.22 bits per heavy atom. The molecule has 0 amide bonds. The Kier molecular flexibility index (Phi) is 6.68. The maximum atomic E-state index is 14.6. The third-order valence-electron chi connectivity index (χ3n) is 4.39. The number of carbonyl (C=O) groups excluding carboxylic acids is 1. The molecular formula is C19H24FN3O4. The second-order valence-electron chi connectivity index (χ2n) is 5.85. The number of nitrogens with one attached hydrogen (secondary N) is 1. The summed E-state index contributed by atoms with van der Waals surface area (Å²) in [6.07, 6.45) is 1.24. The van der Waals surface area contributed by atoms with Crippen LogP contribution in [0.5, 0.6) is 0 Å². The molecule has 1 fully saturated rings. The fourth-order valence-electron chi connectivity index (χ4n) is 3.09. The van der Waals surface area contributed by atoms with E-state index in [9.17, 15) is 18.8 Å². The second-order valence-corrected chi connectivity index (χ2v) is 5.85. The van der Waals surface area contributed by atoms with Gasteiger partial charge in [-0.3, -0.25) is 9.59 Å². The van der Waals surface area contributed by atoms with Gasteiger partial charge in [0.05, 0.1) is 16.8 Å². The summed E-state index contributed by atoms with van der Waals surface area (Å²) in [4.78, 5) is 37.1. The van der Waals surface area contributed by atoms with Gasteiger partial charge >= 0.3 is 5.97 Å². The Morgan fingerprint density at radius 2 is 1.85 bits per heavy atom. The molecule has 3 rings (SSSR count). The maximum absolute atomic E-state index is 14.6. The minimum absolute atomic E-state index is 0.00494. The number of carbonyl (C=O) groups is 2. The van der Waals surface area contributed by atoms with Gasteiger partial charge in [-0.1, -0.05) is 13.8 Å². The van der Waals surface area contributed by atoms with Crippen LogP contribution in [0.3, 0.4) is 0 Å². The zero-order valence-corrected chi connectivity index (χ0v) is 15.7. The Morgan fingerprint density at radius 3 is 2.41 bits per heavy atom. The number of hydrogen-bond donors (Lipinski definition) is 2. The van der Waals surface area contributed by atoms with Crippen LogP contribution in [0.1, 0.15) is 31.1 Å². The molecule has 0 unspecified atom stereocenters. The molecular weight excluding hydrogens is 353 g/mol. The van der Waals surface area contributed by atoms with E-state index in [-0.39, 0.29) is 5.39 Å². The summed E-state index contributed by atoms with van der Waals surface area (Å²) in [6, 6.07) is 2.69. The quantitative estimate of drug-likeness (QED) is 0.624. The molecule has 0 atom stereocenters. The van der Waals surface area contributed by atoms with Crippen LogP contribution in [-0.4, -0.2) is 47.6 Å². The van der Waals surface area contributed by atoms with E-state index in [4.69, 9.17) is 5.11 Å². The lowest BCUT2D eigenvalue weighted by atomic mass is 10.1. The molecule has 0 aliphatic carbocycles. The Labute approximate surface area is 156 Å². The van der Waals surface area contributed by atoms with Crippen LogP contribution in [0.2, 0.25) is 0 Å². The first-order valence-corrected chi connectivity index (χ1v) is 9.04. The van der Waals surface area contributed by atoms with Crippen molar-refractivity contribution in [1.82, 2.24) is 9.88 Å². The van der Waals surface area contributed by atoms with Crippen LogP contribution in [-0.2, 0) is 11.3 Å².